The fourth-order valence-electron chi connectivity index (χ4n) is 1.60. The zero-order valence-electron chi connectivity index (χ0n) is 12.3. The van der Waals surface area contributed by atoms with Crippen LogP contribution in [0.25, 0.3) is 0 Å². The number of hydrogen-bond donors (Lipinski definition) is 3. The van der Waals surface area contributed by atoms with Gasteiger partial charge in [0.2, 0.25) is 11.8 Å². The van der Waals surface area contributed by atoms with Crippen molar-refractivity contribution in [2.45, 2.75) is 39.7 Å². The van der Waals surface area contributed by atoms with Crippen LogP contribution < -0.4 is 16.4 Å². The lowest BCUT2D eigenvalue weighted by atomic mass is 10.1. The van der Waals surface area contributed by atoms with E-state index in [9.17, 15) is 9.59 Å². The van der Waals surface area contributed by atoms with Gasteiger partial charge in [0.05, 0.1) is 6.04 Å². The third-order valence-electron chi connectivity index (χ3n) is 2.88. The van der Waals surface area contributed by atoms with Gasteiger partial charge in [-0.25, -0.2) is 0 Å². The molecule has 0 heterocycles. The number of hydrogen-bond acceptors (Lipinski definition) is 3. The van der Waals surface area contributed by atoms with Gasteiger partial charge in [0, 0.05) is 17.3 Å². The Balaban J connectivity index is 2.58. The van der Waals surface area contributed by atoms with E-state index in [1.165, 1.54) is 0 Å². The van der Waals surface area contributed by atoms with Gasteiger partial charge in [0.15, 0.2) is 0 Å². The quantitative estimate of drug-likeness (QED) is 0.746. The number of nitrogens with two attached hydrogens (primary N) is 1. The molecular formula is C15H23N3O2. The summed E-state index contributed by atoms with van der Waals surface area (Å²) in [6.07, 6.45) is 1.53. The Morgan fingerprint density at radius 2 is 1.50 bits per heavy atom. The molecule has 0 aliphatic heterocycles. The normalized spacial score (nSPS) is 12.1. The SMILES string of the molecule is CCC[C@@H](N)C(=O)Nc1ccc(NC(=O)C(C)C)cc1. The molecule has 0 fully saturated rings. The molecular weight excluding hydrogens is 254 g/mol. The van der Waals surface area contributed by atoms with E-state index >= 15 is 0 Å². The number of benzene rings is 1. The second-order valence-corrected chi connectivity index (χ2v) is 5.11. The van der Waals surface area contributed by atoms with Gasteiger partial charge in [-0.15, -0.1) is 0 Å². The molecule has 0 aliphatic carbocycles. The highest BCUT2D eigenvalue weighted by Gasteiger charge is 2.12. The van der Waals surface area contributed by atoms with Crippen LogP contribution in [0.2, 0.25) is 0 Å². The number of amides is 2. The van der Waals surface area contributed by atoms with Crippen molar-refractivity contribution >= 4 is 23.2 Å². The predicted molar refractivity (Wildman–Crippen MR) is 81.4 cm³/mol. The van der Waals surface area contributed by atoms with Crippen molar-refractivity contribution in [3.05, 3.63) is 24.3 Å². The molecule has 0 bridgehead atoms. The minimum absolute atomic E-state index is 0.0354. The van der Waals surface area contributed by atoms with Crippen molar-refractivity contribution in [3.63, 3.8) is 0 Å². The van der Waals surface area contributed by atoms with E-state index < -0.39 is 6.04 Å². The van der Waals surface area contributed by atoms with Crippen molar-refractivity contribution in [2.75, 3.05) is 10.6 Å². The van der Waals surface area contributed by atoms with Gasteiger partial charge >= 0.3 is 0 Å². The fourth-order valence-corrected chi connectivity index (χ4v) is 1.60. The van der Waals surface area contributed by atoms with E-state index in [1.807, 2.05) is 20.8 Å². The second kappa shape index (κ2) is 7.65. The summed E-state index contributed by atoms with van der Waals surface area (Å²) >= 11 is 0. The molecule has 20 heavy (non-hydrogen) atoms. The van der Waals surface area contributed by atoms with E-state index in [0.29, 0.717) is 17.8 Å². The van der Waals surface area contributed by atoms with Gasteiger partial charge in [0.25, 0.3) is 0 Å². The lowest BCUT2D eigenvalue weighted by Gasteiger charge is -2.12. The molecule has 4 N–H and O–H groups in total. The summed E-state index contributed by atoms with van der Waals surface area (Å²) < 4.78 is 0. The third-order valence-corrected chi connectivity index (χ3v) is 2.88. The Morgan fingerprint density at radius 3 is 1.90 bits per heavy atom. The maximum Gasteiger partial charge on any atom is 0.241 e. The Hall–Kier alpha value is -1.88. The average molecular weight is 277 g/mol. The molecule has 1 atom stereocenters. The second-order valence-electron chi connectivity index (χ2n) is 5.11. The lowest BCUT2D eigenvalue weighted by Crippen LogP contribution is -2.35. The van der Waals surface area contributed by atoms with E-state index in [1.54, 1.807) is 24.3 Å². The summed E-state index contributed by atoms with van der Waals surface area (Å²) in [6.45, 7) is 5.65. The molecule has 5 heteroatoms. The van der Waals surface area contributed by atoms with Gasteiger partial charge in [-0.2, -0.15) is 0 Å². The highest BCUT2D eigenvalue weighted by molar-refractivity contribution is 5.95. The van der Waals surface area contributed by atoms with Crippen LogP contribution in [0.15, 0.2) is 24.3 Å². The minimum Gasteiger partial charge on any atom is -0.326 e. The topological polar surface area (TPSA) is 84.2 Å². The first kappa shape index (κ1) is 16.2. The highest BCUT2D eigenvalue weighted by atomic mass is 16.2. The molecule has 2 amide bonds. The Morgan fingerprint density at radius 1 is 1.05 bits per heavy atom. The summed E-state index contributed by atoms with van der Waals surface area (Å²) in [5.41, 5.74) is 7.11. The van der Waals surface area contributed by atoms with Crippen LogP contribution >= 0.6 is 0 Å². The first-order chi connectivity index (χ1) is 9.43. The Kier molecular flexibility index (Phi) is 6.18. The Bertz CT molecular complexity index is 455. The van der Waals surface area contributed by atoms with Crippen LogP contribution in [0, 0.1) is 5.92 Å². The molecule has 0 saturated carbocycles. The summed E-state index contributed by atoms with van der Waals surface area (Å²) in [7, 11) is 0. The van der Waals surface area contributed by atoms with Crippen LogP contribution in [0.4, 0.5) is 11.4 Å². The maximum absolute atomic E-state index is 11.7. The van der Waals surface area contributed by atoms with Crippen LogP contribution in [0.3, 0.4) is 0 Å². The minimum atomic E-state index is -0.486. The summed E-state index contributed by atoms with van der Waals surface area (Å²) in [5.74, 6) is -0.293. The number of anilines is 2. The van der Waals surface area contributed by atoms with Gasteiger partial charge < -0.3 is 16.4 Å². The lowest BCUT2D eigenvalue weighted by molar-refractivity contribution is -0.119. The highest BCUT2D eigenvalue weighted by Crippen LogP contribution is 2.14. The Labute approximate surface area is 119 Å². The number of nitrogens with one attached hydrogen (secondary N) is 2. The average Bonchev–Trinajstić information content (AvgIpc) is 2.41. The van der Waals surface area contributed by atoms with E-state index in [-0.39, 0.29) is 17.7 Å². The van der Waals surface area contributed by atoms with Crippen molar-refractivity contribution in [1.82, 2.24) is 0 Å². The van der Waals surface area contributed by atoms with Crippen LogP contribution in [0.1, 0.15) is 33.6 Å². The summed E-state index contributed by atoms with van der Waals surface area (Å²) in [4.78, 5) is 23.3. The fraction of sp³-hybridized carbons (Fsp3) is 0.467. The van der Waals surface area contributed by atoms with Crippen LogP contribution in [-0.4, -0.2) is 17.9 Å². The number of carbonyl (C=O) groups is 2. The number of carbonyl (C=O) groups excluding carboxylic acids is 2. The zero-order valence-corrected chi connectivity index (χ0v) is 12.3. The van der Waals surface area contributed by atoms with Gasteiger partial charge in [-0.1, -0.05) is 27.2 Å². The molecule has 0 aromatic heterocycles. The number of rotatable bonds is 6. The largest absolute Gasteiger partial charge is 0.326 e. The molecule has 0 spiro atoms. The van der Waals surface area contributed by atoms with Gasteiger partial charge in [-0.3, -0.25) is 9.59 Å². The predicted octanol–water partition coefficient (Wildman–Crippen LogP) is 2.35. The first-order valence-corrected chi connectivity index (χ1v) is 6.91. The van der Waals surface area contributed by atoms with Gasteiger partial charge in [-0.05, 0) is 30.7 Å². The van der Waals surface area contributed by atoms with Crippen molar-refractivity contribution < 1.29 is 9.59 Å². The molecule has 1 rings (SSSR count). The van der Waals surface area contributed by atoms with Crippen molar-refractivity contribution in [1.29, 1.82) is 0 Å². The van der Waals surface area contributed by atoms with E-state index in [0.717, 1.165) is 6.42 Å². The van der Waals surface area contributed by atoms with Gasteiger partial charge in [0.1, 0.15) is 0 Å². The van der Waals surface area contributed by atoms with E-state index in [4.69, 9.17) is 5.73 Å². The maximum atomic E-state index is 11.7. The van der Waals surface area contributed by atoms with Crippen LogP contribution in [-0.2, 0) is 9.59 Å². The molecule has 1 aromatic carbocycles. The summed E-state index contributed by atoms with van der Waals surface area (Å²) in [5, 5.41) is 5.54. The molecule has 0 radical (unpaired) electrons. The van der Waals surface area contributed by atoms with E-state index in [2.05, 4.69) is 10.6 Å². The molecule has 0 saturated heterocycles. The van der Waals surface area contributed by atoms with Crippen molar-refractivity contribution in [3.8, 4) is 0 Å². The zero-order chi connectivity index (χ0) is 15.1. The molecule has 0 aliphatic rings. The monoisotopic (exact) mass is 277 g/mol. The van der Waals surface area contributed by atoms with Crippen molar-refractivity contribution in [2.24, 2.45) is 11.7 Å². The molecule has 5 nitrogen and oxygen atoms in total. The third kappa shape index (κ3) is 5.01. The summed E-state index contributed by atoms with van der Waals surface area (Å²) in [6, 6.07) is 6.50. The first-order valence-electron chi connectivity index (χ1n) is 6.91. The molecule has 110 valence electrons. The van der Waals surface area contributed by atoms with Crippen LogP contribution in [0.5, 0.6) is 0 Å². The standard InChI is InChI=1S/C15H23N3O2/c1-4-5-13(16)15(20)18-12-8-6-11(7-9-12)17-14(19)10(2)3/h6-10,13H,4-5,16H2,1-3H3,(H,17,19)(H,18,20)/t13-/m1/s1. The smallest absolute Gasteiger partial charge is 0.241 e. The molecule has 0 unspecified atom stereocenters. The molecule has 1 aromatic rings.